The Labute approximate surface area is 110 Å². The zero-order valence-corrected chi connectivity index (χ0v) is 11.2. The highest BCUT2D eigenvalue weighted by atomic mass is 32.2. The Morgan fingerprint density at radius 1 is 1.50 bits per heavy atom. The SMILES string of the molecule is COC(=O)c1ncccc1C=CCCSC(C)=O. The maximum Gasteiger partial charge on any atom is 0.357 e. The number of methoxy groups -OCH3 is 1. The molecule has 0 radical (unpaired) electrons. The van der Waals surface area contributed by atoms with Crippen LogP contribution in [0.1, 0.15) is 29.4 Å². The van der Waals surface area contributed by atoms with Gasteiger partial charge >= 0.3 is 5.97 Å². The van der Waals surface area contributed by atoms with Gasteiger partial charge < -0.3 is 4.74 Å². The van der Waals surface area contributed by atoms with Gasteiger partial charge in [-0.3, -0.25) is 4.79 Å². The molecule has 0 aliphatic heterocycles. The molecule has 0 fully saturated rings. The normalized spacial score (nSPS) is 10.6. The van der Waals surface area contributed by atoms with Crippen molar-refractivity contribution in [3.8, 4) is 0 Å². The number of nitrogens with zero attached hydrogens (tertiary/aromatic N) is 1. The number of esters is 1. The molecule has 5 heteroatoms. The van der Waals surface area contributed by atoms with Crippen LogP contribution < -0.4 is 0 Å². The van der Waals surface area contributed by atoms with E-state index in [4.69, 9.17) is 0 Å². The van der Waals surface area contributed by atoms with Gasteiger partial charge in [-0.2, -0.15) is 0 Å². The van der Waals surface area contributed by atoms with E-state index in [0.29, 0.717) is 5.69 Å². The minimum absolute atomic E-state index is 0.111. The first-order valence-corrected chi connectivity index (χ1v) is 6.47. The van der Waals surface area contributed by atoms with Crippen LogP contribution in [-0.2, 0) is 9.53 Å². The third-order valence-electron chi connectivity index (χ3n) is 2.10. The second-order valence-electron chi connectivity index (χ2n) is 3.46. The molecule has 0 saturated carbocycles. The summed E-state index contributed by atoms with van der Waals surface area (Å²) in [7, 11) is 1.33. The van der Waals surface area contributed by atoms with Gasteiger partial charge in [0.1, 0.15) is 0 Å². The van der Waals surface area contributed by atoms with Gasteiger partial charge in [0.15, 0.2) is 10.8 Å². The summed E-state index contributed by atoms with van der Waals surface area (Å²) in [5.41, 5.74) is 1.02. The lowest BCUT2D eigenvalue weighted by Gasteiger charge is -2.01. The van der Waals surface area contributed by atoms with Gasteiger partial charge in [-0.05, 0) is 12.5 Å². The van der Waals surface area contributed by atoms with Crippen molar-refractivity contribution in [1.29, 1.82) is 0 Å². The molecule has 1 aromatic rings. The molecule has 0 amide bonds. The Bertz CT molecular complexity index is 457. The second-order valence-corrected chi connectivity index (χ2v) is 4.74. The second kappa shape index (κ2) is 7.66. The third kappa shape index (κ3) is 4.71. The smallest absolute Gasteiger partial charge is 0.357 e. The number of hydrogen-bond acceptors (Lipinski definition) is 5. The predicted octanol–water partition coefficient (Wildman–Crippen LogP) is 2.55. The molecule has 4 nitrogen and oxygen atoms in total. The molecule has 1 heterocycles. The molecule has 1 aromatic heterocycles. The van der Waals surface area contributed by atoms with Crippen LogP contribution in [0.4, 0.5) is 0 Å². The van der Waals surface area contributed by atoms with Crippen molar-refractivity contribution in [2.24, 2.45) is 0 Å². The summed E-state index contributed by atoms with van der Waals surface area (Å²) in [4.78, 5) is 26.2. The largest absolute Gasteiger partial charge is 0.464 e. The summed E-state index contributed by atoms with van der Waals surface area (Å²) in [6, 6.07) is 3.56. The highest BCUT2D eigenvalue weighted by Crippen LogP contribution is 2.10. The van der Waals surface area contributed by atoms with Crippen molar-refractivity contribution in [3.05, 3.63) is 35.7 Å². The standard InChI is InChI=1S/C13H15NO3S/c1-10(15)18-9-4-3-6-11-7-5-8-14-12(11)13(16)17-2/h3,5-8H,4,9H2,1-2H3. The topological polar surface area (TPSA) is 56.3 Å². The van der Waals surface area contributed by atoms with Gasteiger partial charge in [0.05, 0.1) is 7.11 Å². The van der Waals surface area contributed by atoms with E-state index >= 15 is 0 Å². The molecule has 0 aliphatic carbocycles. The maximum atomic E-state index is 11.4. The third-order valence-corrected chi connectivity index (χ3v) is 2.95. The van der Waals surface area contributed by atoms with Crippen molar-refractivity contribution < 1.29 is 14.3 Å². The monoisotopic (exact) mass is 265 g/mol. The first-order valence-electron chi connectivity index (χ1n) is 5.48. The summed E-state index contributed by atoms with van der Waals surface area (Å²) in [5, 5.41) is 0.111. The molecular weight excluding hydrogens is 250 g/mol. The molecule has 0 aromatic carbocycles. The fraction of sp³-hybridized carbons (Fsp3) is 0.308. The number of ether oxygens (including phenoxy) is 1. The van der Waals surface area contributed by atoms with E-state index < -0.39 is 5.97 Å². The molecule has 18 heavy (non-hydrogen) atoms. The molecule has 0 spiro atoms. The van der Waals surface area contributed by atoms with E-state index in [9.17, 15) is 9.59 Å². The Kier molecular flexibility index (Phi) is 6.14. The van der Waals surface area contributed by atoms with Crippen LogP contribution in [0.2, 0.25) is 0 Å². The zero-order valence-electron chi connectivity index (χ0n) is 10.4. The van der Waals surface area contributed by atoms with Crippen LogP contribution in [0.3, 0.4) is 0 Å². The highest BCUT2D eigenvalue weighted by molar-refractivity contribution is 8.13. The Balaban J connectivity index is 2.63. The number of hydrogen-bond donors (Lipinski definition) is 0. The molecule has 0 bridgehead atoms. The minimum atomic E-state index is -0.451. The van der Waals surface area contributed by atoms with Crippen molar-refractivity contribution >= 4 is 28.9 Å². The first-order chi connectivity index (χ1) is 8.65. The number of pyridine rings is 1. The lowest BCUT2D eigenvalue weighted by molar-refractivity contribution is -0.109. The number of rotatable bonds is 5. The Hall–Kier alpha value is -1.62. The Morgan fingerprint density at radius 2 is 2.28 bits per heavy atom. The van der Waals surface area contributed by atoms with E-state index in [1.807, 2.05) is 12.2 Å². The number of carbonyl (C=O) groups excluding carboxylic acids is 2. The van der Waals surface area contributed by atoms with Crippen LogP contribution in [-0.4, -0.2) is 28.9 Å². The van der Waals surface area contributed by atoms with E-state index in [0.717, 1.165) is 17.7 Å². The van der Waals surface area contributed by atoms with E-state index in [1.54, 1.807) is 25.3 Å². The van der Waals surface area contributed by atoms with Crippen molar-refractivity contribution in [2.75, 3.05) is 12.9 Å². The predicted molar refractivity (Wildman–Crippen MR) is 72.4 cm³/mol. The molecule has 1 rings (SSSR count). The van der Waals surface area contributed by atoms with Gasteiger partial charge in [0, 0.05) is 24.4 Å². The van der Waals surface area contributed by atoms with Crippen LogP contribution in [0.5, 0.6) is 0 Å². The lowest BCUT2D eigenvalue weighted by Crippen LogP contribution is -2.06. The minimum Gasteiger partial charge on any atom is -0.464 e. The fourth-order valence-electron chi connectivity index (χ4n) is 1.30. The molecule has 96 valence electrons. The molecule has 0 saturated heterocycles. The number of thioether (sulfide) groups is 1. The number of carbonyl (C=O) groups is 2. The molecule has 0 aliphatic rings. The number of aromatic nitrogens is 1. The lowest BCUT2D eigenvalue weighted by atomic mass is 10.1. The highest BCUT2D eigenvalue weighted by Gasteiger charge is 2.10. The average Bonchev–Trinajstić information content (AvgIpc) is 2.37. The summed E-state index contributed by atoms with van der Waals surface area (Å²) < 4.78 is 4.65. The van der Waals surface area contributed by atoms with Crippen molar-refractivity contribution in [1.82, 2.24) is 4.98 Å². The first kappa shape index (κ1) is 14.4. The molecular formula is C13H15NO3S. The van der Waals surface area contributed by atoms with Gasteiger partial charge in [-0.25, -0.2) is 9.78 Å². The maximum absolute atomic E-state index is 11.4. The van der Waals surface area contributed by atoms with Crippen LogP contribution in [0.15, 0.2) is 24.4 Å². The van der Waals surface area contributed by atoms with Crippen LogP contribution in [0, 0.1) is 0 Å². The zero-order chi connectivity index (χ0) is 13.4. The molecule has 0 N–H and O–H groups in total. The van der Waals surface area contributed by atoms with Crippen molar-refractivity contribution in [3.63, 3.8) is 0 Å². The van der Waals surface area contributed by atoms with E-state index in [1.165, 1.54) is 18.9 Å². The quantitative estimate of drug-likeness (QED) is 0.605. The Morgan fingerprint density at radius 3 is 2.94 bits per heavy atom. The van der Waals surface area contributed by atoms with Gasteiger partial charge in [-0.15, -0.1) is 0 Å². The van der Waals surface area contributed by atoms with E-state index in [-0.39, 0.29) is 5.12 Å². The van der Waals surface area contributed by atoms with Crippen LogP contribution >= 0.6 is 11.8 Å². The number of allylic oxidation sites excluding steroid dienone is 1. The molecule has 0 unspecified atom stereocenters. The summed E-state index contributed by atoms with van der Waals surface area (Å²) in [6.45, 7) is 1.55. The van der Waals surface area contributed by atoms with Gasteiger partial charge in [0.2, 0.25) is 0 Å². The fourth-order valence-corrected chi connectivity index (χ4v) is 1.84. The van der Waals surface area contributed by atoms with Crippen molar-refractivity contribution in [2.45, 2.75) is 13.3 Å². The summed E-state index contributed by atoms with van der Waals surface area (Å²) in [6.07, 6.45) is 6.05. The van der Waals surface area contributed by atoms with Gasteiger partial charge in [0.25, 0.3) is 0 Å². The average molecular weight is 265 g/mol. The van der Waals surface area contributed by atoms with Gasteiger partial charge in [-0.1, -0.05) is 30.0 Å². The van der Waals surface area contributed by atoms with Crippen LogP contribution in [0.25, 0.3) is 6.08 Å². The molecule has 0 atom stereocenters. The summed E-state index contributed by atoms with van der Waals surface area (Å²) in [5.74, 6) is 0.285. The van der Waals surface area contributed by atoms with E-state index in [2.05, 4.69) is 9.72 Å². The summed E-state index contributed by atoms with van der Waals surface area (Å²) >= 11 is 1.28.